The first-order valence-corrected chi connectivity index (χ1v) is 13.7. The van der Waals surface area contributed by atoms with Gasteiger partial charge in [-0.05, 0) is 56.9 Å². The maximum Gasteiger partial charge on any atom is 0.254 e. The van der Waals surface area contributed by atoms with Crippen LogP contribution in [-0.4, -0.2) is 37.5 Å². The first-order chi connectivity index (χ1) is 18.9. The Kier molecular flexibility index (Phi) is 6.58. The average molecular weight is 541 g/mol. The van der Waals surface area contributed by atoms with E-state index in [0.717, 1.165) is 29.1 Å². The van der Waals surface area contributed by atoms with E-state index < -0.39 is 5.54 Å². The zero-order valence-electron chi connectivity index (χ0n) is 21.7. The lowest BCUT2D eigenvalue weighted by Gasteiger charge is -2.23. The van der Waals surface area contributed by atoms with Crippen LogP contribution in [0.3, 0.4) is 0 Å². The number of hydrogen-bond acceptors (Lipinski definition) is 9. The van der Waals surface area contributed by atoms with E-state index in [1.54, 1.807) is 29.7 Å². The fourth-order valence-electron chi connectivity index (χ4n) is 4.99. The molecule has 1 saturated heterocycles. The van der Waals surface area contributed by atoms with Crippen LogP contribution in [0, 0.1) is 6.92 Å². The molecule has 2 aromatic carbocycles. The topological polar surface area (TPSA) is 124 Å². The number of oxazole rings is 1. The molecule has 3 aromatic heterocycles. The zero-order valence-corrected chi connectivity index (χ0v) is 22.5. The van der Waals surface area contributed by atoms with E-state index in [9.17, 15) is 4.79 Å². The molecule has 198 valence electrons. The van der Waals surface area contributed by atoms with E-state index in [1.165, 1.54) is 6.26 Å². The van der Waals surface area contributed by atoms with Crippen molar-refractivity contribution < 1.29 is 13.6 Å². The number of rotatable bonds is 7. The molecule has 0 spiro atoms. The van der Waals surface area contributed by atoms with Gasteiger partial charge in [0.2, 0.25) is 17.7 Å². The molecule has 1 aliphatic heterocycles. The van der Waals surface area contributed by atoms with Crippen LogP contribution in [0.5, 0.6) is 0 Å². The molecule has 39 heavy (non-hydrogen) atoms. The van der Waals surface area contributed by atoms with Gasteiger partial charge < -0.3 is 19.5 Å². The highest BCUT2D eigenvalue weighted by atomic mass is 32.1. The molecule has 9 nitrogen and oxygen atoms in total. The molecule has 6 rings (SSSR count). The average Bonchev–Trinajstić information content (AvgIpc) is 3.74. The van der Waals surface area contributed by atoms with Gasteiger partial charge in [0, 0.05) is 34.3 Å². The predicted octanol–water partition coefficient (Wildman–Crippen LogP) is 5.55. The molecule has 4 heterocycles. The Labute approximate surface area is 229 Å². The minimum absolute atomic E-state index is 0.0454. The Morgan fingerprint density at radius 3 is 2.67 bits per heavy atom. The predicted molar refractivity (Wildman–Crippen MR) is 147 cm³/mol. The summed E-state index contributed by atoms with van der Waals surface area (Å²) in [6.07, 6.45) is 5.40. The van der Waals surface area contributed by atoms with Crippen molar-refractivity contribution in [2.45, 2.75) is 44.7 Å². The smallest absolute Gasteiger partial charge is 0.254 e. The number of benzene rings is 2. The number of aromatic nitrogens is 4. The fourth-order valence-corrected chi connectivity index (χ4v) is 5.93. The van der Waals surface area contributed by atoms with Crippen molar-refractivity contribution in [2.24, 2.45) is 5.73 Å². The van der Waals surface area contributed by atoms with Crippen molar-refractivity contribution in [3.05, 3.63) is 94.1 Å². The van der Waals surface area contributed by atoms with Crippen LogP contribution in [0.15, 0.2) is 75.2 Å². The summed E-state index contributed by atoms with van der Waals surface area (Å²) >= 11 is 1.59. The van der Waals surface area contributed by atoms with E-state index in [2.05, 4.69) is 20.2 Å². The van der Waals surface area contributed by atoms with Crippen molar-refractivity contribution in [1.29, 1.82) is 0 Å². The Bertz CT molecular complexity index is 1590. The molecule has 5 aromatic rings. The Morgan fingerprint density at radius 1 is 1.15 bits per heavy atom. The second-order valence-corrected chi connectivity index (χ2v) is 11.0. The highest BCUT2D eigenvalue weighted by Gasteiger charge is 2.33. The fraction of sp³-hybridized carbons (Fsp3) is 0.276. The monoisotopic (exact) mass is 540 g/mol. The molecule has 0 saturated carbocycles. The summed E-state index contributed by atoms with van der Waals surface area (Å²) in [6, 6.07) is 15.3. The van der Waals surface area contributed by atoms with Gasteiger partial charge in [-0.2, -0.15) is 0 Å². The summed E-state index contributed by atoms with van der Waals surface area (Å²) in [5.74, 6) is 0.889. The molecule has 2 N–H and O–H groups in total. The highest BCUT2D eigenvalue weighted by molar-refractivity contribution is 7.09. The number of hydrogen-bond donors (Lipinski definition) is 1. The summed E-state index contributed by atoms with van der Waals surface area (Å²) in [6.45, 7) is 4.50. The number of likely N-dealkylation sites (tertiary alicyclic amines) is 1. The van der Waals surface area contributed by atoms with Crippen LogP contribution in [0.2, 0.25) is 0 Å². The van der Waals surface area contributed by atoms with Gasteiger partial charge in [0.15, 0.2) is 0 Å². The highest BCUT2D eigenvalue weighted by Crippen LogP contribution is 2.36. The number of nitrogens with two attached hydrogens (primary N) is 1. The summed E-state index contributed by atoms with van der Waals surface area (Å²) in [7, 11) is 0. The zero-order chi connectivity index (χ0) is 27.0. The number of amides is 1. The maximum absolute atomic E-state index is 13.9. The quantitative estimate of drug-likeness (QED) is 0.285. The molecule has 0 bridgehead atoms. The molecule has 0 radical (unpaired) electrons. The third kappa shape index (κ3) is 5.13. The number of carbonyl (C=O) groups is 1. The van der Waals surface area contributed by atoms with Crippen molar-refractivity contribution in [3.63, 3.8) is 0 Å². The minimum Gasteiger partial charge on any atom is -0.445 e. The normalized spacial score (nSPS) is 16.9. The third-order valence-corrected chi connectivity index (χ3v) is 7.93. The Balaban J connectivity index is 1.35. The standard InChI is InChI=1S/C29H28N6O3S/c1-18-17-39-26(32-18)23-9-6-11-35(23)27(36)22-14-20(24-31-10-12-37-24)13-21(15-22)25-33-34-28(38-25)29(2,30)16-19-7-4-3-5-8-19/h3-5,7-8,10,12-15,17,23H,6,9,11,16,30H2,1-2H3/t23-,29-/m0/s1. The second kappa shape index (κ2) is 10.2. The van der Waals surface area contributed by atoms with Gasteiger partial charge in [-0.3, -0.25) is 4.79 Å². The number of carbonyl (C=O) groups excluding carboxylic acids is 1. The molecule has 1 amide bonds. The molecule has 1 fully saturated rings. The van der Waals surface area contributed by atoms with Crippen molar-refractivity contribution in [2.75, 3.05) is 6.54 Å². The lowest BCUT2D eigenvalue weighted by Crippen LogP contribution is -2.35. The molecule has 10 heteroatoms. The number of thiazole rings is 1. The van der Waals surface area contributed by atoms with Crippen molar-refractivity contribution in [1.82, 2.24) is 25.1 Å². The van der Waals surface area contributed by atoms with Crippen LogP contribution in [0.1, 0.15) is 58.3 Å². The summed E-state index contributed by atoms with van der Waals surface area (Å²) < 4.78 is 11.7. The van der Waals surface area contributed by atoms with E-state index >= 15 is 0 Å². The maximum atomic E-state index is 13.9. The minimum atomic E-state index is -0.875. The van der Waals surface area contributed by atoms with Gasteiger partial charge >= 0.3 is 0 Å². The lowest BCUT2D eigenvalue weighted by atomic mass is 9.94. The summed E-state index contributed by atoms with van der Waals surface area (Å²) in [5, 5.41) is 11.6. The molecule has 0 aliphatic carbocycles. The largest absolute Gasteiger partial charge is 0.445 e. The van der Waals surface area contributed by atoms with Gasteiger partial charge in [0.25, 0.3) is 5.91 Å². The second-order valence-electron chi connectivity index (χ2n) is 10.1. The first-order valence-electron chi connectivity index (χ1n) is 12.8. The summed E-state index contributed by atoms with van der Waals surface area (Å²) in [5.41, 5.74) is 9.49. The van der Waals surface area contributed by atoms with Crippen molar-refractivity contribution in [3.8, 4) is 22.9 Å². The van der Waals surface area contributed by atoms with E-state index in [-0.39, 0.29) is 17.8 Å². The van der Waals surface area contributed by atoms with Gasteiger partial charge in [-0.25, -0.2) is 9.97 Å². The molecule has 2 atom stereocenters. The van der Waals surface area contributed by atoms with Crippen LogP contribution >= 0.6 is 11.3 Å². The van der Waals surface area contributed by atoms with E-state index in [4.69, 9.17) is 14.6 Å². The van der Waals surface area contributed by atoms with Gasteiger partial charge in [-0.15, -0.1) is 21.5 Å². The van der Waals surface area contributed by atoms with Crippen LogP contribution in [-0.2, 0) is 12.0 Å². The van der Waals surface area contributed by atoms with Crippen LogP contribution < -0.4 is 5.73 Å². The van der Waals surface area contributed by atoms with Crippen LogP contribution in [0.4, 0.5) is 0 Å². The van der Waals surface area contributed by atoms with E-state index in [0.29, 0.717) is 41.4 Å². The number of aryl methyl sites for hydroxylation is 1. The van der Waals surface area contributed by atoms with Crippen molar-refractivity contribution >= 4 is 17.2 Å². The molecular weight excluding hydrogens is 512 g/mol. The lowest BCUT2D eigenvalue weighted by molar-refractivity contribution is 0.0735. The first kappa shape index (κ1) is 25.1. The Morgan fingerprint density at radius 2 is 1.95 bits per heavy atom. The molecule has 0 unspecified atom stereocenters. The summed E-state index contributed by atoms with van der Waals surface area (Å²) in [4.78, 5) is 24.7. The van der Waals surface area contributed by atoms with Crippen LogP contribution in [0.25, 0.3) is 22.9 Å². The molecular formula is C29H28N6O3S. The SMILES string of the molecule is Cc1csc([C@@H]2CCCN2C(=O)c2cc(-c3ncco3)cc(-c3nnc([C@@](C)(N)Cc4ccccc4)o3)c2)n1. The van der Waals surface area contributed by atoms with Gasteiger partial charge in [0.1, 0.15) is 11.3 Å². The van der Waals surface area contributed by atoms with E-state index in [1.807, 2.05) is 60.5 Å². The van der Waals surface area contributed by atoms with Gasteiger partial charge in [0.05, 0.1) is 17.8 Å². The molecule has 1 aliphatic rings. The Hall–Kier alpha value is -4.15. The number of nitrogens with zero attached hydrogens (tertiary/aromatic N) is 5. The van der Waals surface area contributed by atoms with Gasteiger partial charge in [-0.1, -0.05) is 30.3 Å². The third-order valence-electron chi connectivity index (χ3n) is 6.87.